The van der Waals surface area contributed by atoms with Gasteiger partial charge in [0.05, 0.1) is 0 Å². The number of amidine groups is 1. The monoisotopic (exact) mass is 225 g/mol. The minimum Gasteiger partial charge on any atom is -0.287 e. The van der Waals surface area contributed by atoms with Gasteiger partial charge in [-0.15, -0.1) is 0 Å². The second-order valence-corrected chi connectivity index (χ2v) is 4.03. The van der Waals surface area contributed by atoms with Gasteiger partial charge < -0.3 is 0 Å². The largest absolute Gasteiger partial charge is 0.331 e. The molecule has 5 heteroatoms. The van der Waals surface area contributed by atoms with E-state index >= 15 is 0 Å². The Hall–Kier alpha value is -1.39. The van der Waals surface area contributed by atoms with E-state index in [0.29, 0.717) is 19.4 Å². The molecule has 0 radical (unpaired) electrons. The lowest BCUT2D eigenvalue weighted by atomic mass is 9.77. The van der Waals surface area contributed by atoms with Crippen molar-refractivity contribution >= 4 is 17.8 Å². The lowest BCUT2D eigenvalue weighted by molar-refractivity contribution is -0.136. The molecule has 1 fully saturated rings. The van der Waals surface area contributed by atoms with Crippen molar-refractivity contribution in [1.29, 1.82) is 5.41 Å². The number of carbonyl (C=O) groups excluding carboxylic acids is 2. The van der Waals surface area contributed by atoms with E-state index < -0.39 is 11.4 Å². The number of nitrogens with zero attached hydrogens (tertiary/aromatic N) is 2. The minimum atomic E-state index is -0.821. The van der Waals surface area contributed by atoms with Gasteiger partial charge in [-0.25, -0.2) is 4.79 Å². The van der Waals surface area contributed by atoms with Gasteiger partial charge in [0.15, 0.2) is 0 Å². The van der Waals surface area contributed by atoms with Crippen molar-refractivity contribution < 1.29 is 9.59 Å². The fraction of sp³-hybridized carbons (Fsp3) is 0.727. The molecule has 0 unspecified atom stereocenters. The molecule has 3 amide bonds. The van der Waals surface area contributed by atoms with Crippen LogP contribution in [0.25, 0.3) is 0 Å². The zero-order valence-electron chi connectivity index (χ0n) is 10.3. The molecule has 0 aromatic rings. The van der Waals surface area contributed by atoms with E-state index in [1.807, 2.05) is 20.8 Å². The SMILES string of the molecule is CCN1C(=N)C(CC)(CC)C(=O)N(C)C1=O. The number of hydrogen-bond acceptors (Lipinski definition) is 3. The first-order chi connectivity index (χ1) is 7.46. The molecule has 0 saturated carbocycles. The number of rotatable bonds is 3. The Morgan fingerprint density at radius 3 is 2.06 bits per heavy atom. The molecule has 0 spiro atoms. The quantitative estimate of drug-likeness (QED) is 0.794. The molecule has 16 heavy (non-hydrogen) atoms. The molecule has 90 valence electrons. The molecule has 1 aliphatic rings. The van der Waals surface area contributed by atoms with E-state index in [1.54, 1.807) is 0 Å². The number of carbonyl (C=O) groups is 2. The number of imide groups is 1. The molecular formula is C11H19N3O2. The van der Waals surface area contributed by atoms with Crippen molar-refractivity contribution in [2.45, 2.75) is 33.6 Å². The summed E-state index contributed by atoms with van der Waals surface area (Å²) in [5, 5.41) is 8.06. The van der Waals surface area contributed by atoms with Gasteiger partial charge in [-0.3, -0.25) is 20.0 Å². The predicted octanol–water partition coefficient (Wildman–Crippen LogP) is 1.68. The Kier molecular flexibility index (Phi) is 3.35. The lowest BCUT2D eigenvalue weighted by Gasteiger charge is -2.44. The van der Waals surface area contributed by atoms with Crippen LogP contribution in [0.1, 0.15) is 33.6 Å². The predicted molar refractivity (Wildman–Crippen MR) is 61.3 cm³/mol. The number of urea groups is 1. The third kappa shape index (κ3) is 1.42. The van der Waals surface area contributed by atoms with E-state index in [9.17, 15) is 9.59 Å². The van der Waals surface area contributed by atoms with Crippen LogP contribution in [0.5, 0.6) is 0 Å². The summed E-state index contributed by atoms with van der Waals surface area (Å²) in [5.74, 6) is -0.106. The zero-order valence-corrected chi connectivity index (χ0v) is 10.3. The summed E-state index contributed by atoms with van der Waals surface area (Å²) in [4.78, 5) is 26.4. The zero-order chi connectivity index (χ0) is 12.5. The van der Waals surface area contributed by atoms with Crippen LogP contribution in [0.3, 0.4) is 0 Å². The van der Waals surface area contributed by atoms with Gasteiger partial charge in [-0.2, -0.15) is 0 Å². The third-order valence-corrected chi connectivity index (χ3v) is 3.48. The van der Waals surface area contributed by atoms with Crippen LogP contribution in [0, 0.1) is 10.8 Å². The fourth-order valence-electron chi connectivity index (χ4n) is 2.22. The first kappa shape index (κ1) is 12.7. The summed E-state index contributed by atoms with van der Waals surface area (Å²) in [6, 6.07) is -0.393. The molecule has 0 bridgehead atoms. The highest BCUT2D eigenvalue weighted by atomic mass is 16.2. The maximum atomic E-state index is 12.1. The molecule has 1 heterocycles. The Balaban J connectivity index is 3.25. The molecule has 0 atom stereocenters. The van der Waals surface area contributed by atoms with E-state index in [4.69, 9.17) is 5.41 Å². The molecular weight excluding hydrogens is 206 g/mol. The Bertz CT molecular complexity index is 334. The Morgan fingerprint density at radius 1 is 1.19 bits per heavy atom. The van der Waals surface area contributed by atoms with Gasteiger partial charge in [0, 0.05) is 13.6 Å². The number of amides is 3. The summed E-state index contributed by atoms with van der Waals surface area (Å²) in [5.41, 5.74) is -0.821. The van der Waals surface area contributed by atoms with Crippen LogP contribution >= 0.6 is 0 Å². The maximum Gasteiger partial charge on any atom is 0.331 e. The van der Waals surface area contributed by atoms with Crippen LogP contribution in [-0.4, -0.2) is 41.2 Å². The van der Waals surface area contributed by atoms with E-state index in [0.717, 1.165) is 4.90 Å². The second-order valence-electron chi connectivity index (χ2n) is 4.03. The van der Waals surface area contributed by atoms with Crippen molar-refractivity contribution in [3.05, 3.63) is 0 Å². The fourth-order valence-corrected chi connectivity index (χ4v) is 2.22. The summed E-state index contributed by atoms with van der Waals surface area (Å²) < 4.78 is 0. The van der Waals surface area contributed by atoms with E-state index in [-0.39, 0.29) is 11.7 Å². The van der Waals surface area contributed by atoms with Crippen LogP contribution in [-0.2, 0) is 4.79 Å². The van der Waals surface area contributed by atoms with Gasteiger partial charge >= 0.3 is 6.03 Å². The van der Waals surface area contributed by atoms with Crippen molar-refractivity contribution in [3.63, 3.8) is 0 Å². The van der Waals surface area contributed by atoms with Crippen molar-refractivity contribution in [3.8, 4) is 0 Å². The van der Waals surface area contributed by atoms with Crippen LogP contribution in [0.2, 0.25) is 0 Å². The molecule has 1 aliphatic heterocycles. The van der Waals surface area contributed by atoms with Gasteiger partial charge in [0.25, 0.3) is 0 Å². The average molecular weight is 225 g/mol. The average Bonchev–Trinajstić information content (AvgIpc) is 2.29. The molecule has 0 aromatic heterocycles. The summed E-state index contributed by atoms with van der Waals surface area (Å²) in [7, 11) is 1.49. The van der Waals surface area contributed by atoms with Crippen LogP contribution in [0.4, 0.5) is 4.79 Å². The Labute approximate surface area is 95.9 Å². The van der Waals surface area contributed by atoms with Gasteiger partial charge in [0.1, 0.15) is 11.3 Å². The molecule has 1 saturated heterocycles. The number of hydrogen-bond donors (Lipinski definition) is 1. The summed E-state index contributed by atoms with van der Waals surface area (Å²) in [6.45, 7) is 6.00. The lowest BCUT2D eigenvalue weighted by Crippen LogP contribution is -2.63. The highest BCUT2D eigenvalue weighted by molar-refractivity contribution is 6.19. The Morgan fingerprint density at radius 2 is 1.69 bits per heavy atom. The van der Waals surface area contributed by atoms with Crippen molar-refractivity contribution in [2.75, 3.05) is 13.6 Å². The first-order valence-corrected chi connectivity index (χ1v) is 5.64. The normalized spacial score (nSPS) is 20.6. The van der Waals surface area contributed by atoms with E-state index in [1.165, 1.54) is 11.9 Å². The highest BCUT2D eigenvalue weighted by Gasteiger charge is 2.50. The van der Waals surface area contributed by atoms with Crippen LogP contribution < -0.4 is 0 Å². The molecule has 1 N–H and O–H groups in total. The summed E-state index contributed by atoms with van der Waals surface area (Å²) >= 11 is 0. The van der Waals surface area contributed by atoms with Gasteiger partial charge in [-0.05, 0) is 19.8 Å². The van der Waals surface area contributed by atoms with E-state index in [2.05, 4.69) is 0 Å². The molecule has 0 aromatic carbocycles. The topological polar surface area (TPSA) is 64.5 Å². The first-order valence-electron chi connectivity index (χ1n) is 5.64. The maximum absolute atomic E-state index is 12.1. The highest BCUT2D eigenvalue weighted by Crippen LogP contribution is 2.35. The van der Waals surface area contributed by atoms with Gasteiger partial charge in [0.2, 0.25) is 5.91 Å². The molecule has 0 aliphatic carbocycles. The second kappa shape index (κ2) is 4.23. The molecule has 1 rings (SSSR count). The van der Waals surface area contributed by atoms with Crippen molar-refractivity contribution in [2.24, 2.45) is 5.41 Å². The van der Waals surface area contributed by atoms with Crippen molar-refractivity contribution in [1.82, 2.24) is 9.80 Å². The standard InChI is InChI=1S/C11H19N3O2/c1-5-11(6-2)8(12)14(7-3)10(16)13(4)9(11)15/h12H,5-7H2,1-4H3. The molecule has 5 nitrogen and oxygen atoms in total. The van der Waals surface area contributed by atoms with Gasteiger partial charge in [-0.1, -0.05) is 13.8 Å². The minimum absolute atomic E-state index is 0.146. The summed E-state index contributed by atoms with van der Waals surface area (Å²) in [6.07, 6.45) is 1.10. The number of nitrogens with one attached hydrogen (secondary N) is 1. The smallest absolute Gasteiger partial charge is 0.287 e. The third-order valence-electron chi connectivity index (χ3n) is 3.48. The van der Waals surface area contributed by atoms with Crippen LogP contribution in [0.15, 0.2) is 0 Å².